The minimum atomic E-state index is -1.09. The summed E-state index contributed by atoms with van der Waals surface area (Å²) < 4.78 is 0. The molecule has 2 heterocycles. The highest BCUT2D eigenvalue weighted by Crippen LogP contribution is 2.08. The van der Waals surface area contributed by atoms with Crippen LogP contribution in [0.15, 0.2) is 18.2 Å². The van der Waals surface area contributed by atoms with Gasteiger partial charge in [-0.1, -0.05) is 18.9 Å². The number of rotatable bonds is 7. The van der Waals surface area contributed by atoms with Crippen molar-refractivity contribution in [3.05, 3.63) is 23.9 Å². The van der Waals surface area contributed by atoms with E-state index in [1.807, 2.05) is 0 Å². The number of pyridine rings is 1. The summed E-state index contributed by atoms with van der Waals surface area (Å²) in [5.74, 6) is -0.828. The third-order valence-corrected chi connectivity index (χ3v) is 3.85. The number of anilines is 1. The van der Waals surface area contributed by atoms with Gasteiger partial charge in [0.25, 0.3) is 0 Å². The van der Waals surface area contributed by atoms with E-state index in [9.17, 15) is 9.59 Å². The van der Waals surface area contributed by atoms with Gasteiger partial charge < -0.3 is 20.6 Å². The van der Waals surface area contributed by atoms with E-state index in [0.717, 1.165) is 19.6 Å². The lowest BCUT2D eigenvalue weighted by atomic mass is 10.2. The molecule has 0 aliphatic carbocycles. The molecule has 0 spiro atoms. The van der Waals surface area contributed by atoms with Crippen molar-refractivity contribution < 1.29 is 14.7 Å². The van der Waals surface area contributed by atoms with Crippen molar-refractivity contribution in [3.8, 4) is 0 Å². The first-order chi connectivity index (χ1) is 11.1. The Balaban J connectivity index is 1.66. The molecule has 1 aliphatic rings. The van der Waals surface area contributed by atoms with Crippen LogP contribution in [-0.4, -0.2) is 59.6 Å². The molecule has 1 fully saturated rings. The van der Waals surface area contributed by atoms with Gasteiger partial charge in [0.1, 0.15) is 5.82 Å². The molecule has 23 heavy (non-hydrogen) atoms. The minimum absolute atomic E-state index is 0.0448. The molecule has 1 aromatic heterocycles. The molecule has 0 atom stereocenters. The second-order valence-corrected chi connectivity index (χ2v) is 5.67. The topological polar surface area (TPSA) is 94.6 Å². The maximum absolute atomic E-state index is 11.8. The third kappa shape index (κ3) is 6.23. The van der Waals surface area contributed by atoms with E-state index in [2.05, 4.69) is 20.5 Å². The maximum atomic E-state index is 11.8. The van der Waals surface area contributed by atoms with E-state index < -0.39 is 5.97 Å². The Hall–Kier alpha value is -2.15. The number of carbonyl (C=O) groups is 2. The molecule has 0 unspecified atom stereocenters. The normalized spacial score (nSPS) is 15.7. The molecule has 7 heteroatoms. The Morgan fingerprint density at radius 1 is 1.17 bits per heavy atom. The van der Waals surface area contributed by atoms with Crippen LogP contribution in [0.2, 0.25) is 0 Å². The first-order valence-electron chi connectivity index (χ1n) is 8.08. The van der Waals surface area contributed by atoms with Gasteiger partial charge >= 0.3 is 5.97 Å². The van der Waals surface area contributed by atoms with Crippen molar-refractivity contribution in [3.63, 3.8) is 0 Å². The first kappa shape index (κ1) is 17.2. The van der Waals surface area contributed by atoms with E-state index in [1.54, 1.807) is 12.1 Å². The number of amides is 1. The van der Waals surface area contributed by atoms with Crippen LogP contribution in [0.5, 0.6) is 0 Å². The Morgan fingerprint density at radius 2 is 1.91 bits per heavy atom. The molecule has 0 bridgehead atoms. The highest BCUT2D eigenvalue weighted by molar-refractivity contribution is 5.86. The number of nitrogens with zero attached hydrogens (tertiary/aromatic N) is 2. The summed E-state index contributed by atoms with van der Waals surface area (Å²) in [6.07, 6.45) is 5.08. The fourth-order valence-corrected chi connectivity index (χ4v) is 2.60. The lowest BCUT2D eigenvalue weighted by molar-refractivity contribution is -0.119. The predicted molar refractivity (Wildman–Crippen MR) is 87.6 cm³/mol. The molecule has 126 valence electrons. The zero-order chi connectivity index (χ0) is 16.5. The van der Waals surface area contributed by atoms with Crippen molar-refractivity contribution in [2.75, 3.05) is 38.0 Å². The second kappa shape index (κ2) is 9.09. The molecule has 0 aromatic carbocycles. The average Bonchev–Trinajstić information content (AvgIpc) is 2.82. The maximum Gasteiger partial charge on any atom is 0.354 e. The molecule has 1 saturated heterocycles. The van der Waals surface area contributed by atoms with Crippen LogP contribution in [0, 0.1) is 0 Å². The number of nitrogens with one attached hydrogen (secondary N) is 2. The van der Waals surface area contributed by atoms with Crippen LogP contribution in [0.4, 0.5) is 5.82 Å². The molecule has 1 aromatic rings. The summed E-state index contributed by atoms with van der Waals surface area (Å²) in [6.45, 7) is 3.80. The Labute approximate surface area is 136 Å². The monoisotopic (exact) mass is 320 g/mol. The van der Waals surface area contributed by atoms with E-state index in [-0.39, 0.29) is 18.1 Å². The highest BCUT2D eigenvalue weighted by Gasteiger charge is 2.09. The molecule has 7 nitrogen and oxygen atoms in total. The van der Waals surface area contributed by atoms with Gasteiger partial charge in [-0.05, 0) is 38.1 Å². The van der Waals surface area contributed by atoms with Crippen LogP contribution in [0.3, 0.4) is 0 Å². The number of likely N-dealkylation sites (tertiary alicyclic amines) is 1. The number of carboxylic acids is 1. The number of hydrogen-bond acceptors (Lipinski definition) is 5. The zero-order valence-corrected chi connectivity index (χ0v) is 13.3. The van der Waals surface area contributed by atoms with Crippen LogP contribution < -0.4 is 10.6 Å². The van der Waals surface area contributed by atoms with E-state index in [1.165, 1.54) is 31.7 Å². The number of carboxylic acid groups (broad SMARTS) is 1. The fraction of sp³-hybridized carbons (Fsp3) is 0.562. The molecular formula is C16H24N4O3. The first-order valence-corrected chi connectivity index (χ1v) is 8.08. The summed E-state index contributed by atoms with van der Waals surface area (Å²) in [5.41, 5.74) is -0.0448. The molecule has 2 rings (SSSR count). The quantitative estimate of drug-likeness (QED) is 0.698. The van der Waals surface area contributed by atoms with Crippen molar-refractivity contribution in [2.45, 2.75) is 25.7 Å². The summed E-state index contributed by atoms with van der Waals surface area (Å²) >= 11 is 0. The number of hydrogen-bond donors (Lipinski definition) is 3. The largest absolute Gasteiger partial charge is 0.477 e. The Kier molecular flexibility index (Phi) is 6.80. The van der Waals surface area contributed by atoms with Crippen molar-refractivity contribution in [1.29, 1.82) is 0 Å². The van der Waals surface area contributed by atoms with E-state index in [4.69, 9.17) is 5.11 Å². The summed E-state index contributed by atoms with van der Waals surface area (Å²) in [4.78, 5) is 28.9. The summed E-state index contributed by atoms with van der Waals surface area (Å²) in [7, 11) is 0. The molecular weight excluding hydrogens is 296 g/mol. The van der Waals surface area contributed by atoms with Gasteiger partial charge in [-0.3, -0.25) is 4.79 Å². The van der Waals surface area contributed by atoms with Gasteiger partial charge in [0.15, 0.2) is 5.69 Å². The Bertz CT molecular complexity index is 528. The number of aromatic carboxylic acids is 1. The standard InChI is InChI=1S/C16H24N4O3/c21-15(17-8-11-20-9-3-1-2-4-10-20)12-18-14-7-5-6-13(19-14)16(22)23/h5-7H,1-4,8-12H2,(H,17,21)(H,18,19)(H,22,23). The van der Waals surface area contributed by atoms with E-state index >= 15 is 0 Å². The lowest BCUT2D eigenvalue weighted by Gasteiger charge is -2.19. The van der Waals surface area contributed by atoms with Crippen LogP contribution in [0.1, 0.15) is 36.2 Å². The molecule has 1 aliphatic heterocycles. The summed E-state index contributed by atoms with van der Waals surface area (Å²) in [5, 5.41) is 14.6. The van der Waals surface area contributed by atoms with Gasteiger partial charge in [0.2, 0.25) is 5.91 Å². The Morgan fingerprint density at radius 3 is 2.61 bits per heavy atom. The molecule has 0 radical (unpaired) electrons. The average molecular weight is 320 g/mol. The van der Waals surface area contributed by atoms with Crippen LogP contribution in [0.25, 0.3) is 0 Å². The zero-order valence-electron chi connectivity index (χ0n) is 13.3. The smallest absolute Gasteiger partial charge is 0.354 e. The van der Waals surface area contributed by atoms with Crippen LogP contribution >= 0.6 is 0 Å². The second-order valence-electron chi connectivity index (χ2n) is 5.67. The van der Waals surface area contributed by atoms with Crippen molar-refractivity contribution >= 4 is 17.7 Å². The lowest BCUT2D eigenvalue weighted by Crippen LogP contribution is -2.37. The number of carbonyl (C=O) groups excluding carboxylic acids is 1. The molecule has 0 saturated carbocycles. The highest BCUT2D eigenvalue weighted by atomic mass is 16.4. The predicted octanol–water partition coefficient (Wildman–Crippen LogP) is 1.18. The van der Waals surface area contributed by atoms with Gasteiger partial charge in [-0.25, -0.2) is 9.78 Å². The van der Waals surface area contributed by atoms with E-state index in [0.29, 0.717) is 12.4 Å². The third-order valence-electron chi connectivity index (χ3n) is 3.85. The van der Waals surface area contributed by atoms with Crippen molar-refractivity contribution in [2.24, 2.45) is 0 Å². The molecule has 1 amide bonds. The minimum Gasteiger partial charge on any atom is -0.477 e. The van der Waals surface area contributed by atoms with Gasteiger partial charge in [0, 0.05) is 13.1 Å². The van der Waals surface area contributed by atoms with Gasteiger partial charge in [-0.15, -0.1) is 0 Å². The molecule has 3 N–H and O–H groups in total. The fourth-order valence-electron chi connectivity index (χ4n) is 2.60. The SMILES string of the molecule is O=C(CNc1cccc(C(=O)O)n1)NCCN1CCCCCC1. The summed E-state index contributed by atoms with van der Waals surface area (Å²) in [6, 6.07) is 4.64. The van der Waals surface area contributed by atoms with Crippen molar-refractivity contribution in [1.82, 2.24) is 15.2 Å². The van der Waals surface area contributed by atoms with Gasteiger partial charge in [0.05, 0.1) is 6.54 Å². The van der Waals surface area contributed by atoms with Gasteiger partial charge in [-0.2, -0.15) is 0 Å². The number of aromatic nitrogens is 1. The van der Waals surface area contributed by atoms with Crippen LogP contribution in [-0.2, 0) is 4.79 Å².